The molecule has 1 aliphatic heterocycles. The lowest BCUT2D eigenvalue weighted by Gasteiger charge is -2.48. The van der Waals surface area contributed by atoms with Crippen LogP contribution in [0.25, 0.3) is 0 Å². The van der Waals surface area contributed by atoms with Crippen LogP contribution >= 0.6 is 0 Å². The van der Waals surface area contributed by atoms with Crippen molar-refractivity contribution < 1.29 is 9.90 Å². The highest BCUT2D eigenvalue weighted by atomic mass is 16.4. The Balaban J connectivity index is 1.81. The van der Waals surface area contributed by atoms with Crippen LogP contribution in [-0.2, 0) is 4.79 Å². The number of carbonyl (C=O) groups is 1. The van der Waals surface area contributed by atoms with Crippen LogP contribution < -0.4 is 10.9 Å². The van der Waals surface area contributed by atoms with Crippen molar-refractivity contribution in [3.05, 3.63) is 0 Å². The van der Waals surface area contributed by atoms with E-state index >= 15 is 0 Å². The van der Waals surface area contributed by atoms with Crippen molar-refractivity contribution in [2.24, 2.45) is 17.8 Å². The SMILES string of the molecule is O=C(O)C1CCC2NNC3CC1C23. The molecule has 3 rings (SSSR count). The Morgan fingerprint density at radius 2 is 2.00 bits per heavy atom. The average molecular weight is 182 g/mol. The van der Waals surface area contributed by atoms with E-state index in [1.54, 1.807) is 0 Å². The first kappa shape index (κ1) is 7.76. The molecule has 0 amide bonds. The van der Waals surface area contributed by atoms with Crippen LogP contribution in [0.1, 0.15) is 19.3 Å². The van der Waals surface area contributed by atoms with E-state index in [9.17, 15) is 4.79 Å². The highest BCUT2D eigenvalue weighted by Gasteiger charge is 2.56. The molecular weight excluding hydrogens is 168 g/mol. The molecule has 5 unspecified atom stereocenters. The van der Waals surface area contributed by atoms with Crippen molar-refractivity contribution >= 4 is 5.97 Å². The minimum atomic E-state index is -0.589. The number of aliphatic carboxylic acids is 1. The molecule has 1 saturated heterocycles. The Hall–Kier alpha value is -0.610. The second-order valence-electron chi connectivity index (χ2n) is 4.50. The first-order chi connectivity index (χ1) is 6.27. The van der Waals surface area contributed by atoms with Gasteiger partial charge in [-0.1, -0.05) is 0 Å². The van der Waals surface area contributed by atoms with Crippen molar-refractivity contribution in [2.75, 3.05) is 0 Å². The fourth-order valence-corrected chi connectivity index (χ4v) is 3.33. The minimum absolute atomic E-state index is 0.0702. The zero-order valence-corrected chi connectivity index (χ0v) is 7.36. The summed E-state index contributed by atoms with van der Waals surface area (Å²) >= 11 is 0. The number of carboxylic acids is 1. The molecule has 3 N–H and O–H groups in total. The third-order valence-electron chi connectivity index (χ3n) is 4.03. The molecule has 3 fully saturated rings. The third-order valence-corrected chi connectivity index (χ3v) is 4.03. The number of rotatable bonds is 1. The van der Waals surface area contributed by atoms with Crippen molar-refractivity contribution in [3.8, 4) is 0 Å². The van der Waals surface area contributed by atoms with Gasteiger partial charge < -0.3 is 5.11 Å². The van der Waals surface area contributed by atoms with Gasteiger partial charge in [0.1, 0.15) is 0 Å². The quantitative estimate of drug-likeness (QED) is 0.532. The van der Waals surface area contributed by atoms with Crippen LogP contribution in [0.3, 0.4) is 0 Å². The highest BCUT2D eigenvalue weighted by molar-refractivity contribution is 5.71. The summed E-state index contributed by atoms with van der Waals surface area (Å²) in [5.41, 5.74) is 6.51. The van der Waals surface area contributed by atoms with Gasteiger partial charge in [0, 0.05) is 12.1 Å². The first-order valence-corrected chi connectivity index (χ1v) is 5.01. The second-order valence-corrected chi connectivity index (χ2v) is 4.50. The van der Waals surface area contributed by atoms with Gasteiger partial charge in [-0.3, -0.25) is 15.6 Å². The monoisotopic (exact) mass is 182 g/mol. The molecule has 4 nitrogen and oxygen atoms in total. The summed E-state index contributed by atoms with van der Waals surface area (Å²) in [6.45, 7) is 0. The summed E-state index contributed by atoms with van der Waals surface area (Å²) in [5.74, 6) is 0.367. The van der Waals surface area contributed by atoms with Crippen LogP contribution in [0.2, 0.25) is 0 Å². The Morgan fingerprint density at radius 1 is 1.23 bits per heavy atom. The molecule has 2 saturated carbocycles. The van der Waals surface area contributed by atoms with Gasteiger partial charge in [0.2, 0.25) is 0 Å². The van der Waals surface area contributed by atoms with Gasteiger partial charge in [-0.15, -0.1) is 0 Å². The highest BCUT2D eigenvalue weighted by Crippen LogP contribution is 2.50. The minimum Gasteiger partial charge on any atom is -0.481 e. The van der Waals surface area contributed by atoms with E-state index < -0.39 is 5.97 Å². The Bertz CT molecular complexity index is 256. The van der Waals surface area contributed by atoms with Crippen LogP contribution in [0.4, 0.5) is 0 Å². The molecule has 72 valence electrons. The van der Waals surface area contributed by atoms with E-state index in [0.717, 1.165) is 19.3 Å². The summed E-state index contributed by atoms with van der Waals surface area (Å²) in [6.07, 6.45) is 2.91. The lowest BCUT2D eigenvalue weighted by molar-refractivity contribution is -0.149. The normalized spacial score (nSPS) is 52.5. The molecule has 5 atom stereocenters. The lowest BCUT2D eigenvalue weighted by Crippen LogP contribution is -2.53. The summed E-state index contributed by atoms with van der Waals surface area (Å²) in [5, 5.41) is 9.01. The molecule has 0 aromatic carbocycles. The van der Waals surface area contributed by atoms with Gasteiger partial charge in [0.25, 0.3) is 0 Å². The van der Waals surface area contributed by atoms with E-state index in [0.29, 0.717) is 23.9 Å². The topological polar surface area (TPSA) is 61.4 Å². The Kier molecular flexibility index (Phi) is 1.46. The van der Waals surface area contributed by atoms with E-state index in [1.807, 2.05) is 0 Å². The van der Waals surface area contributed by atoms with Gasteiger partial charge in [0.15, 0.2) is 0 Å². The Morgan fingerprint density at radius 3 is 2.77 bits per heavy atom. The number of hydrogen-bond donors (Lipinski definition) is 3. The van der Waals surface area contributed by atoms with E-state index in [4.69, 9.17) is 5.11 Å². The molecule has 0 spiro atoms. The van der Waals surface area contributed by atoms with Gasteiger partial charge >= 0.3 is 5.97 Å². The molecule has 0 bridgehead atoms. The maximum absolute atomic E-state index is 10.9. The number of nitrogens with one attached hydrogen (secondary N) is 2. The zero-order valence-electron chi connectivity index (χ0n) is 7.36. The van der Waals surface area contributed by atoms with Crippen LogP contribution in [0, 0.1) is 17.8 Å². The largest absolute Gasteiger partial charge is 0.481 e. The summed E-state index contributed by atoms with van der Waals surface area (Å²) in [6, 6.07) is 1.09. The summed E-state index contributed by atoms with van der Waals surface area (Å²) in [4.78, 5) is 10.9. The van der Waals surface area contributed by atoms with Crippen molar-refractivity contribution in [1.82, 2.24) is 10.9 Å². The molecule has 13 heavy (non-hydrogen) atoms. The third kappa shape index (κ3) is 0.901. The average Bonchev–Trinajstić information content (AvgIpc) is 2.40. The fraction of sp³-hybridized carbons (Fsp3) is 0.889. The second kappa shape index (κ2) is 2.45. The van der Waals surface area contributed by atoms with E-state index in [1.165, 1.54) is 0 Å². The van der Waals surface area contributed by atoms with E-state index in [2.05, 4.69) is 10.9 Å². The van der Waals surface area contributed by atoms with Crippen LogP contribution in [0.5, 0.6) is 0 Å². The van der Waals surface area contributed by atoms with E-state index in [-0.39, 0.29) is 5.92 Å². The smallest absolute Gasteiger partial charge is 0.306 e. The molecule has 4 heteroatoms. The van der Waals surface area contributed by atoms with Gasteiger partial charge in [-0.25, -0.2) is 0 Å². The standard InChI is InChI=1S/C9H14N2O2/c12-9(13)4-1-2-6-8-5(4)3-7(8)11-10-6/h4-8,10-11H,1-3H2,(H,12,13). The van der Waals surface area contributed by atoms with Crippen LogP contribution in [0.15, 0.2) is 0 Å². The maximum Gasteiger partial charge on any atom is 0.306 e. The number of hydrogen-bond acceptors (Lipinski definition) is 3. The van der Waals surface area contributed by atoms with Crippen molar-refractivity contribution in [3.63, 3.8) is 0 Å². The van der Waals surface area contributed by atoms with Crippen molar-refractivity contribution in [1.29, 1.82) is 0 Å². The van der Waals surface area contributed by atoms with Gasteiger partial charge in [-0.2, -0.15) is 0 Å². The molecule has 2 aliphatic carbocycles. The first-order valence-electron chi connectivity index (χ1n) is 5.01. The van der Waals surface area contributed by atoms with Crippen LogP contribution in [-0.4, -0.2) is 23.2 Å². The molecule has 3 aliphatic rings. The predicted molar refractivity (Wildman–Crippen MR) is 45.8 cm³/mol. The number of carboxylic acid groups (broad SMARTS) is 1. The molecule has 1 heterocycles. The summed E-state index contributed by atoms with van der Waals surface area (Å²) < 4.78 is 0. The van der Waals surface area contributed by atoms with Crippen molar-refractivity contribution in [2.45, 2.75) is 31.3 Å². The Labute approximate surface area is 76.7 Å². The number of hydrazine groups is 1. The maximum atomic E-state index is 10.9. The van der Waals surface area contributed by atoms with Gasteiger partial charge in [0.05, 0.1) is 5.92 Å². The molecule has 0 aromatic heterocycles. The summed E-state index contributed by atoms with van der Waals surface area (Å²) in [7, 11) is 0. The van der Waals surface area contributed by atoms with Gasteiger partial charge in [-0.05, 0) is 31.1 Å². The zero-order chi connectivity index (χ0) is 9.00. The molecule has 0 radical (unpaired) electrons. The fourth-order valence-electron chi connectivity index (χ4n) is 3.33. The predicted octanol–water partition coefficient (Wildman–Crippen LogP) is -0.0379. The molecular formula is C9H14N2O2. The lowest BCUT2D eigenvalue weighted by atomic mass is 9.57. The molecule has 0 aromatic rings.